The number of anilines is 3. The molecule has 8 heteroatoms. The second-order valence-corrected chi connectivity index (χ2v) is 10.5. The summed E-state index contributed by atoms with van der Waals surface area (Å²) in [5.74, 6) is 1.21. The molecule has 2 aromatic rings. The number of unbranched alkanes of at least 4 members (excludes halogenated alkanes) is 1. The van der Waals surface area contributed by atoms with E-state index in [1.165, 1.54) is 11.3 Å². The molecule has 1 aromatic carbocycles. The van der Waals surface area contributed by atoms with Crippen molar-refractivity contribution in [2.75, 3.05) is 55.2 Å². The summed E-state index contributed by atoms with van der Waals surface area (Å²) in [7, 11) is 0. The number of benzene rings is 1. The molecule has 0 saturated carbocycles. The third-order valence-corrected chi connectivity index (χ3v) is 6.31. The van der Waals surface area contributed by atoms with Crippen LogP contribution in [-0.2, 0) is 6.42 Å². The Hall–Kier alpha value is -2.87. The van der Waals surface area contributed by atoms with Gasteiger partial charge in [0.2, 0.25) is 5.95 Å². The summed E-state index contributed by atoms with van der Waals surface area (Å²) in [6, 6.07) is 7.96. The Morgan fingerprint density at radius 1 is 1.06 bits per heavy atom. The molecule has 35 heavy (non-hydrogen) atoms. The summed E-state index contributed by atoms with van der Waals surface area (Å²) in [6.45, 7) is 16.2. The van der Waals surface area contributed by atoms with Crippen molar-refractivity contribution in [3.05, 3.63) is 41.1 Å². The Morgan fingerprint density at radius 3 is 2.37 bits per heavy atom. The second kappa shape index (κ2) is 12.2. The first kappa shape index (κ1) is 26.7. The number of hydrogen-bond acceptors (Lipinski definition) is 7. The van der Waals surface area contributed by atoms with E-state index in [0.717, 1.165) is 76.5 Å². The van der Waals surface area contributed by atoms with Gasteiger partial charge >= 0.3 is 0 Å². The molecule has 1 aromatic heterocycles. The van der Waals surface area contributed by atoms with Gasteiger partial charge in [-0.05, 0) is 77.8 Å². The number of nitrogens with one attached hydrogen (secondary N) is 2. The van der Waals surface area contributed by atoms with Crippen LogP contribution in [0.3, 0.4) is 0 Å². The van der Waals surface area contributed by atoms with Crippen molar-refractivity contribution < 1.29 is 4.79 Å². The van der Waals surface area contributed by atoms with Gasteiger partial charge in [-0.25, -0.2) is 4.98 Å². The van der Waals surface area contributed by atoms with Gasteiger partial charge in [0.15, 0.2) is 0 Å². The fourth-order valence-electron chi connectivity index (χ4n) is 4.39. The Balaban J connectivity index is 1.47. The van der Waals surface area contributed by atoms with Crippen molar-refractivity contribution >= 4 is 23.4 Å². The van der Waals surface area contributed by atoms with E-state index in [9.17, 15) is 4.79 Å². The molecule has 0 bridgehead atoms. The first-order valence-corrected chi connectivity index (χ1v) is 12.9. The molecule has 3 rings (SSSR count). The molecule has 0 unspecified atom stereocenters. The molecule has 0 aliphatic carbocycles. The van der Waals surface area contributed by atoms with Gasteiger partial charge in [0.25, 0.3) is 5.91 Å². The maximum atomic E-state index is 12.4. The largest absolute Gasteiger partial charge is 0.370 e. The number of aryl methyl sites for hydroxylation is 1. The van der Waals surface area contributed by atoms with Crippen LogP contribution in [0.5, 0.6) is 0 Å². The van der Waals surface area contributed by atoms with Crippen LogP contribution in [0.2, 0.25) is 0 Å². The van der Waals surface area contributed by atoms with E-state index in [-0.39, 0.29) is 11.4 Å². The number of piperazine rings is 1. The van der Waals surface area contributed by atoms with Crippen LogP contribution in [0, 0.1) is 6.92 Å². The number of rotatable bonds is 10. The zero-order valence-electron chi connectivity index (χ0n) is 22.2. The highest BCUT2D eigenvalue weighted by molar-refractivity contribution is 5.95. The van der Waals surface area contributed by atoms with Crippen molar-refractivity contribution in [1.29, 1.82) is 0 Å². The smallest absolute Gasteiger partial charge is 0.251 e. The molecule has 2 heterocycles. The molecule has 4 N–H and O–H groups in total. The van der Waals surface area contributed by atoms with E-state index in [1.807, 2.05) is 39.8 Å². The molecule has 0 spiro atoms. The summed E-state index contributed by atoms with van der Waals surface area (Å²) in [6.07, 6.45) is 4.26. The Kier molecular flexibility index (Phi) is 9.32. The van der Waals surface area contributed by atoms with Crippen LogP contribution in [0.1, 0.15) is 68.6 Å². The van der Waals surface area contributed by atoms with E-state index >= 15 is 0 Å². The van der Waals surface area contributed by atoms with Gasteiger partial charge in [0, 0.05) is 60.8 Å². The van der Waals surface area contributed by atoms with Crippen LogP contribution in [-0.4, -0.2) is 65.6 Å². The Bertz CT molecular complexity index is 961. The van der Waals surface area contributed by atoms with E-state index < -0.39 is 0 Å². The molecule has 192 valence electrons. The molecule has 1 amide bonds. The number of carbonyl (C=O) groups is 1. The molecule has 1 saturated heterocycles. The standard InChI is InChI=1S/C27H43N7O/c1-6-7-14-29-24-23(20(2)30-26(28)31-24)9-8-15-33-16-18-34(19-17-33)22-12-10-21(11-13-22)25(35)32-27(3,4)5/h10-13H,6-9,14-19H2,1-5H3,(H,32,35)(H3,28,29,30,31). The molecular weight excluding hydrogens is 438 g/mol. The summed E-state index contributed by atoms with van der Waals surface area (Å²) < 4.78 is 0. The number of hydrogen-bond donors (Lipinski definition) is 3. The monoisotopic (exact) mass is 481 g/mol. The lowest BCUT2D eigenvalue weighted by molar-refractivity contribution is 0.0919. The summed E-state index contributed by atoms with van der Waals surface area (Å²) >= 11 is 0. The molecule has 1 fully saturated rings. The quantitative estimate of drug-likeness (QED) is 0.443. The molecule has 0 radical (unpaired) electrons. The number of nitrogens with zero attached hydrogens (tertiary/aromatic N) is 4. The van der Waals surface area contributed by atoms with Crippen LogP contribution in [0.15, 0.2) is 24.3 Å². The van der Waals surface area contributed by atoms with Crippen molar-refractivity contribution in [2.45, 2.75) is 65.8 Å². The molecular formula is C27H43N7O. The van der Waals surface area contributed by atoms with Crippen LogP contribution < -0.4 is 21.3 Å². The van der Waals surface area contributed by atoms with Gasteiger partial charge in [-0.2, -0.15) is 4.98 Å². The lowest BCUT2D eigenvalue weighted by Gasteiger charge is -2.36. The Morgan fingerprint density at radius 2 is 1.74 bits per heavy atom. The predicted molar refractivity (Wildman–Crippen MR) is 145 cm³/mol. The maximum absolute atomic E-state index is 12.4. The SMILES string of the molecule is CCCCNc1nc(N)nc(C)c1CCCN1CCN(c2ccc(C(=O)NC(C)(C)C)cc2)CC1. The molecule has 1 aliphatic heterocycles. The van der Waals surface area contributed by atoms with Crippen LogP contribution >= 0.6 is 0 Å². The zero-order chi connectivity index (χ0) is 25.4. The lowest BCUT2D eigenvalue weighted by atomic mass is 10.1. The number of amides is 1. The number of nitrogen functional groups attached to an aromatic ring is 1. The minimum Gasteiger partial charge on any atom is -0.370 e. The van der Waals surface area contributed by atoms with Crippen molar-refractivity contribution in [3.8, 4) is 0 Å². The average molecular weight is 482 g/mol. The van der Waals surface area contributed by atoms with E-state index in [4.69, 9.17) is 5.73 Å². The highest BCUT2D eigenvalue weighted by Crippen LogP contribution is 2.21. The molecule has 0 atom stereocenters. The fourth-order valence-corrected chi connectivity index (χ4v) is 4.39. The van der Waals surface area contributed by atoms with Gasteiger partial charge in [0.1, 0.15) is 5.82 Å². The average Bonchev–Trinajstić information content (AvgIpc) is 2.80. The van der Waals surface area contributed by atoms with E-state index in [0.29, 0.717) is 11.5 Å². The minimum absolute atomic E-state index is 0.0284. The van der Waals surface area contributed by atoms with E-state index in [2.05, 4.69) is 49.5 Å². The molecule has 1 aliphatic rings. The number of aromatic nitrogens is 2. The van der Waals surface area contributed by atoms with Gasteiger partial charge in [0.05, 0.1) is 0 Å². The van der Waals surface area contributed by atoms with Gasteiger partial charge in [-0.15, -0.1) is 0 Å². The Labute approximate surface area is 210 Å². The molecule has 8 nitrogen and oxygen atoms in total. The first-order chi connectivity index (χ1) is 16.7. The summed E-state index contributed by atoms with van der Waals surface area (Å²) in [5, 5.41) is 6.47. The normalized spacial score (nSPS) is 14.7. The van der Waals surface area contributed by atoms with Gasteiger partial charge in [-0.1, -0.05) is 13.3 Å². The zero-order valence-corrected chi connectivity index (χ0v) is 22.2. The third kappa shape index (κ3) is 8.09. The number of carbonyl (C=O) groups excluding carboxylic acids is 1. The predicted octanol–water partition coefficient (Wildman–Crippen LogP) is 3.86. The second-order valence-electron chi connectivity index (χ2n) is 10.5. The van der Waals surface area contributed by atoms with E-state index in [1.54, 1.807) is 0 Å². The third-order valence-electron chi connectivity index (χ3n) is 6.31. The highest BCUT2D eigenvalue weighted by atomic mass is 16.1. The van der Waals surface area contributed by atoms with Gasteiger partial charge < -0.3 is 21.3 Å². The van der Waals surface area contributed by atoms with Crippen molar-refractivity contribution in [3.63, 3.8) is 0 Å². The van der Waals surface area contributed by atoms with Crippen molar-refractivity contribution in [1.82, 2.24) is 20.2 Å². The van der Waals surface area contributed by atoms with Crippen LogP contribution in [0.4, 0.5) is 17.5 Å². The maximum Gasteiger partial charge on any atom is 0.251 e. The summed E-state index contributed by atoms with van der Waals surface area (Å²) in [5.41, 5.74) is 9.69. The number of nitrogens with two attached hydrogens (primary N) is 1. The highest BCUT2D eigenvalue weighted by Gasteiger charge is 2.19. The van der Waals surface area contributed by atoms with Crippen molar-refractivity contribution in [2.24, 2.45) is 0 Å². The minimum atomic E-state index is -0.237. The summed E-state index contributed by atoms with van der Waals surface area (Å²) in [4.78, 5) is 26.1. The first-order valence-electron chi connectivity index (χ1n) is 12.9. The fraction of sp³-hybridized carbons (Fsp3) is 0.593. The van der Waals surface area contributed by atoms with Gasteiger partial charge in [-0.3, -0.25) is 9.69 Å². The lowest BCUT2D eigenvalue weighted by Crippen LogP contribution is -2.46. The van der Waals surface area contributed by atoms with Crippen LogP contribution in [0.25, 0.3) is 0 Å². The topological polar surface area (TPSA) is 99.4 Å².